The van der Waals surface area contributed by atoms with Crippen LogP contribution in [0.3, 0.4) is 0 Å². The Labute approximate surface area is 207 Å². The van der Waals surface area contributed by atoms with E-state index in [4.69, 9.17) is 11.6 Å². The standard InChI is InChI=1S/C26H25ClFN5O2/c1-15(34)21-13-29-24-4-3-16(17-10-22(27)26(35)23(28)11-17)9-20(24)25(21)31-18-12-30-33(14-18)19-5-7-32(2)8-6-19/h3-4,9-14,19,35H,5-8H2,1-2H3,(H,29,31). The van der Waals surface area contributed by atoms with Crippen molar-refractivity contribution in [2.75, 3.05) is 25.5 Å². The van der Waals surface area contributed by atoms with E-state index in [1.807, 2.05) is 16.9 Å². The molecule has 0 aliphatic carbocycles. The smallest absolute Gasteiger partial charge is 0.170 e. The van der Waals surface area contributed by atoms with Crippen molar-refractivity contribution in [2.45, 2.75) is 25.8 Å². The van der Waals surface area contributed by atoms with Gasteiger partial charge in [-0.3, -0.25) is 14.5 Å². The van der Waals surface area contributed by atoms with Crippen molar-refractivity contribution in [2.24, 2.45) is 0 Å². The highest BCUT2D eigenvalue weighted by atomic mass is 35.5. The lowest BCUT2D eigenvalue weighted by molar-refractivity contribution is 0.101. The Balaban J connectivity index is 1.55. The summed E-state index contributed by atoms with van der Waals surface area (Å²) in [5.41, 5.74) is 3.67. The van der Waals surface area contributed by atoms with Crippen molar-refractivity contribution in [3.63, 3.8) is 0 Å². The van der Waals surface area contributed by atoms with E-state index < -0.39 is 11.6 Å². The van der Waals surface area contributed by atoms with Crippen molar-refractivity contribution < 1.29 is 14.3 Å². The lowest BCUT2D eigenvalue weighted by Gasteiger charge is -2.28. The third-order valence-corrected chi connectivity index (χ3v) is 6.82. The van der Waals surface area contributed by atoms with Crippen LogP contribution in [0.15, 0.2) is 48.9 Å². The van der Waals surface area contributed by atoms with E-state index in [2.05, 4.69) is 27.3 Å². The van der Waals surface area contributed by atoms with Gasteiger partial charge in [0, 0.05) is 17.8 Å². The third kappa shape index (κ3) is 4.59. The van der Waals surface area contributed by atoms with Crippen LogP contribution in [0.4, 0.5) is 15.8 Å². The molecule has 2 aromatic heterocycles. The molecule has 1 aliphatic heterocycles. The summed E-state index contributed by atoms with van der Waals surface area (Å²) < 4.78 is 16.1. The lowest BCUT2D eigenvalue weighted by atomic mass is 10.00. The van der Waals surface area contributed by atoms with Crippen molar-refractivity contribution in [1.82, 2.24) is 19.7 Å². The number of aromatic nitrogens is 3. The molecule has 2 N–H and O–H groups in total. The first-order chi connectivity index (χ1) is 16.8. The Morgan fingerprint density at radius 2 is 1.94 bits per heavy atom. The molecule has 1 aliphatic rings. The number of hydrogen-bond acceptors (Lipinski definition) is 6. The van der Waals surface area contributed by atoms with Gasteiger partial charge in [-0.2, -0.15) is 5.10 Å². The number of halogens is 2. The summed E-state index contributed by atoms with van der Waals surface area (Å²) in [6, 6.07) is 8.50. The first-order valence-corrected chi connectivity index (χ1v) is 11.8. The van der Waals surface area contributed by atoms with Crippen molar-refractivity contribution in [3.05, 3.63) is 65.3 Å². The number of piperidine rings is 1. The number of ketones is 1. The molecular formula is C26H25ClFN5O2. The van der Waals surface area contributed by atoms with Gasteiger partial charge < -0.3 is 15.3 Å². The minimum absolute atomic E-state index is 0.0737. The van der Waals surface area contributed by atoms with Crippen LogP contribution in [0.2, 0.25) is 5.02 Å². The molecule has 0 atom stereocenters. The van der Waals surface area contributed by atoms with Gasteiger partial charge in [0.25, 0.3) is 0 Å². The average Bonchev–Trinajstić information content (AvgIpc) is 3.31. The SMILES string of the molecule is CC(=O)c1cnc2ccc(-c3cc(F)c(O)c(Cl)c3)cc2c1Nc1cnn(C2CCN(C)CC2)c1. The fourth-order valence-corrected chi connectivity index (χ4v) is 4.72. The second-order valence-corrected chi connectivity index (χ2v) is 9.40. The maximum absolute atomic E-state index is 14.1. The summed E-state index contributed by atoms with van der Waals surface area (Å²) in [4.78, 5) is 19.2. The van der Waals surface area contributed by atoms with E-state index in [1.165, 1.54) is 19.1 Å². The van der Waals surface area contributed by atoms with Crippen LogP contribution in [0, 0.1) is 5.82 Å². The van der Waals surface area contributed by atoms with Gasteiger partial charge in [-0.15, -0.1) is 0 Å². The quantitative estimate of drug-likeness (QED) is 0.341. The van der Waals surface area contributed by atoms with Crippen molar-refractivity contribution >= 4 is 39.7 Å². The first kappa shape index (κ1) is 23.3. The normalized spacial score (nSPS) is 15.0. The molecule has 180 valence electrons. The summed E-state index contributed by atoms with van der Waals surface area (Å²) >= 11 is 6.00. The number of Topliss-reactive ketones (excluding diaryl/α,β-unsaturated/α-hetero) is 1. The zero-order valence-corrected chi connectivity index (χ0v) is 20.2. The van der Waals surface area contributed by atoms with Crippen molar-refractivity contribution in [3.8, 4) is 16.9 Å². The molecule has 0 unspecified atom stereocenters. The molecule has 3 heterocycles. The topological polar surface area (TPSA) is 83.3 Å². The Kier molecular flexibility index (Phi) is 6.17. The molecule has 0 spiro atoms. The molecule has 0 bridgehead atoms. The number of likely N-dealkylation sites (tertiary alicyclic amines) is 1. The summed E-state index contributed by atoms with van der Waals surface area (Å²) in [6.45, 7) is 3.55. The summed E-state index contributed by atoms with van der Waals surface area (Å²) in [6.07, 6.45) is 7.34. The fraction of sp³-hybridized carbons (Fsp3) is 0.269. The molecule has 7 nitrogen and oxygen atoms in total. The highest BCUT2D eigenvalue weighted by Gasteiger charge is 2.20. The Bertz CT molecular complexity index is 1410. The first-order valence-electron chi connectivity index (χ1n) is 11.4. The fourth-order valence-electron chi connectivity index (χ4n) is 4.51. The molecule has 35 heavy (non-hydrogen) atoms. The monoisotopic (exact) mass is 493 g/mol. The van der Waals surface area contributed by atoms with Crippen LogP contribution < -0.4 is 5.32 Å². The molecule has 9 heteroatoms. The summed E-state index contributed by atoms with van der Waals surface area (Å²) in [5, 5.41) is 18.3. The van der Waals surface area contributed by atoms with E-state index >= 15 is 0 Å². The third-order valence-electron chi connectivity index (χ3n) is 6.53. The highest BCUT2D eigenvalue weighted by Crippen LogP contribution is 2.36. The number of nitrogens with one attached hydrogen (secondary N) is 1. The van der Waals surface area contributed by atoms with Crippen LogP contribution in [-0.2, 0) is 0 Å². The minimum atomic E-state index is -0.803. The summed E-state index contributed by atoms with van der Waals surface area (Å²) in [7, 11) is 2.12. The van der Waals surface area contributed by atoms with Gasteiger partial charge in [0.15, 0.2) is 17.3 Å². The Hall–Kier alpha value is -3.49. The number of anilines is 2. The molecule has 1 fully saturated rings. The van der Waals surface area contributed by atoms with E-state index in [9.17, 15) is 14.3 Å². The second-order valence-electron chi connectivity index (χ2n) is 8.99. The van der Waals surface area contributed by atoms with Gasteiger partial charge >= 0.3 is 0 Å². The maximum Gasteiger partial charge on any atom is 0.170 e. The highest BCUT2D eigenvalue weighted by molar-refractivity contribution is 6.32. The zero-order valence-electron chi connectivity index (χ0n) is 19.4. The molecule has 0 radical (unpaired) electrons. The number of aromatic hydroxyl groups is 1. The average molecular weight is 494 g/mol. The van der Waals surface area contributed by atoms with Crippen LogP contribution >= 0.6 is 11.6 Å². The predicted octanol–water partition coefficient (Wildman–Crippen LogP) is 5.81. The molecular weight excluding hydrogens is 469 g/mol. The van der Waals surface area contributed by atoms with Gasteiger partial charge in [-0.05, 0) is 75.3 Å². The van der Waals surface area contributed by atoms with E-state index in [1.54, 1.807) is 24.5 Å². The van der Waals surface area contributed by atoms with Crippen LogP contribution in [0.1, 0.15) is 36.2 Å². The second kappa shape index (κ2) is 9.28. The number of hydrogen-bond donors (Lipinski definition) is 2. The molecule has 2 aromatic carbocycles. The molecule has 4 aromatic rings. The van der Waals surface area contributed by atoms with E-state index in [-0.39, 0.29) is 10.8 Å². The number of phenols is 1. The van der Waals surface area contributed by atoms with Crippen molar-refractivity contribution in [1.29, 1.82) is 0 Å². The number of phenolic OH excluding ortho intramolecular Hbond substituents is 1. The maximum atomic E-state index is 14.1. The van der Waals surface area contributed by atoms with Gasteiger partial charge in [0.2, 0.25) is 0 Å². The molecule has 5 rings (SSSR count). The number of pyridine rings is 1. The number of nitrogens with zero attached hydrogens (tertiary/aromatic N) is 4. The largest absolute Gasteiger partial charge is 0.504 e. The van der Waals surface area contributed by atoms with Gasteiger partial charge in [0.1, 0.15) is 0 Å². The van der Waals surface area contributed by atoms with E-state index in [0.29, 0.717) is 39.3 Å². The van der Waals surface area contributed by atoms with Gasteiger partial charge in [-0.25, -0.2) is 4.39 Å². The zero-order chi connectivity index (χ0) is 24.7. The number of benzene rings is 2. The minimum Gasteiger partial charge on any atom is -0.504 e. The number of carbonyl (C=O) groups is 1. The summed E-state index contributed by atoms with van der Waals surface area (Å²) in [5.74, 6) is -1.52. The number of carbonyl (C=O) groups excluding carboxylic acids is 1. The van der Waals surface area contributed by atoms with Crippen LogP contribution in [-0.4, -0.2) is 50.7 Å². The van der Waals surface area contributed by atoms with Gasteiger partial charge in [-0.1, -0.05) is 17.7 Å². The van der Waals surface area contributed by atoms with E-state index in [0.717, 1.165) is 31.6 Å². The molecule has 0 amide bonds. The number of rotatable bonds is 5. The Morgan fingerprint density at radius 3 is 2.66 bits per heavy atom. The van der Waals surface area contributed by atoms with Gasteiger partial charge in [0.05, 0.1) is 39.7 Å². The molecule has 0 saturated carbocycles. The predicted molar refractivity (Wildman–Crippen MR) is 135 cm³/mol. The number of fused-ring (bicyclic) bond motifs is 1. The Morgan fingerprint density at radius 1 is 1.17 bits per heavy atom. The van der Waals surface area contributed by atoms with Crippen LogP contribution in [0.5, 0.6) is 5.75 Å². The molecule has 1 saturated heterocycles. The van der Waals surface area contributed by atoms with Crippen LogP contribution in [0.25, 0.3) is 22.0 Å². The lowest BCUT2D eigenvalue weighted by Crippen LogP contribution is -2.31.